The highest BCUT2D eigenvalue weighted by Crippen LogP contribution is 2.44. The third-order valence-electron chi connectivity index (χ3n) is 5.59. The van der Waals surface area contributed by atoms with Crippen molar-refractivity contribution in [2.45, 2.75) is 37.3 Å². The molecule has 0 aliphatic heterocycles. The van der Waals surface area contributed by atoms with Gasteiger partial charge in [0.05, 0.1) is 5.60 Å². The van der Waals surface area contributed by atoms with Crippen molar-refractivity contribution < 1.29 is 5.11 Å². The summed E-state index contributed by atoms with van der Waals surface area (Å²) in [5.74, 6) is 0.121. The Kier molecular flexibility index (Phi) is 5.98. The zero-order chi connectivity index (χ0) is 17.1. The SMILES string of the molecule is Cl.OC1(C(CNCc2ccccc2)c2cccc3ccccc23)CCC1. The van der Waals surface area contributed by atoms with E-state index in [-0.39, 0.29) is 18.3 Å². The van der Waals surface area contributed by atoms with E-state index in [0.717, 1.165) is 32.4 Å². The highest BCUT2D eigenvalue weighted by Gasteiger charge is 2.43. The van der Waals surface area contributed by atoms with Crippen LogP contribution >= 0.6 is 12.4 Å². The average Bonchev–Trinajstić information content (AvgIpc) is 2.64. The average molecular weight is 368 g/mol. The van der Waals surface area contributed by atoms with Gasteiger partial charge in [-0.05, 0) is 41.2 Å². The molecule has 136 valence electrons. The van der Waals surface area contributed by atoms with Gasteiger partial charge in [-0.15, -0.1) is 12.4 Å². The molecule has 0 saturated heterocycles. The van der Waals surface area contributed by atoms with Crippen molar-refractivity contribution >= 4 is 23.2 Å². The van der Waals surface area contributed by atoms with Gasteiger partial charge in [0.25, 0.3) is 0 Å². The Hall–Kier alpha value is -1.87. The van der Waals surface area contributed by atoms with E-state index in [1.54, 1.807) is 0 Å². The molecule has 0 bridgehead atoms. The van der Waals surface area contributed by atoms with Crippen molar-refractivity contribution in [3.63, 3.8) is 0 Å². The molecule has 1 fully saturated rings. The predicted octanol–water partition coefficient (Wildman–Crippen LogP) is 5.05. The van der Waals surface area contributed by atoms with E-state index in [4.69, 9.17) is 0 Å². The lowest BCUT2D eigenvalue weighted by Crippen LogP contribution is -2.46. The Morgan fingerprint density at radius 2 is 1.58 bits per heavy atom. The predicted molar refractivity (Wildman–Crippen MR) is 111 cm³/mol. The van der Waals surface area contributed by atoms with Gasteiger partial charge in [-0.1, -0.05) is 72.8 Å². The van der Waals surface area contributed by atoms with E-state index in [2.05, 4.69) is 72.0 Å². The Balaban J connectivity index is 0.00000196. The van der Waals surface area contributed by atoms with Crippen LogP contribution in [0.4, 0.5) is 0 Å². The van der Waals surface area contributed by atoms with E-state index in [0.29, 0.717) is 0 Å². The van der Waals surface area contributed by atoms with Gasteiger partial charge in [0, 0.05) is 19.0 Å². The molecule has 2 N–H and O–H groups in total. The lowest BCUT2D eigenvalue weighted by molar-refractivity contribution is -0.0566. The van der Waals surface area contributed by atoms with Crippen LogP contribution in [-0.4, -0.2) is 17.3 Å². The lowest BCUT2D eigenvalue weighted by Gasteiger charge is -2.44. The molecule has 0 heterocycles. The summed E-state index contributed by atoms with van der Waals surface area (Å²) in [7, 11) is 0. The summed E-state index contributed by atoms with van der Waals surface area (Å²) < 4.78 is 0. The Bertz CT molecular complexity index is 840. The van der Waals surface area contributed by atoms with E-state index in [1.165, 1.54) is 21.9 Å². The van der Waals surface area contributed by atoms with Crippen LogP contribution < -0.4 is 5.32 Å². The molecule has 3 aromatic carbocycles. The highest BCUT2D eigenvalue weighted by atomic mass is 35.5. The summed E-state index contributed by atoms with van der Waals surface area (Å²) >= 11 is 0. The summed E-state index contributed by atoms with van der Waals surface area (Å²) in [6, 6.07) is 25.4. The molecular weight excluding hydrogens is 342 g/mol. The number of aliphatic hydroxyl groups is 1. The number of fused-ring (bicyclic) bond motifs is 1. The van der Waals surface area contributed by atoms with E-state index in [1.807, 2.05) is 6.07 Å². The molecule has 0 aromatic heterocycles. The molecule has 26 heavy (non-hydrogen) atoms. The van der Waals surface area contributed by atoms with Gasteiger partial charge in [-0.2, -0.15) is 0 Å². The molecule has 1 saturated carbocycles. The number of benzene rings is 3. The van der Waals surface area contributed by atoms with E-state index < -0.39 is 5.60 Å². The largest absolute Gasteiger partial charge is 0.389 e. The first kappa shape index (κ1) is 18.9. The van der Waals surface area contributed by atoms with Crippen molar-refractivity contribution in [3.8, 4) is 0 Å². The fourth-order valence-electron chi connectivity index (χ4n) is 3.99. The molecule has 1 aliphatic rings. The molecular formula is C23H26ClNO. The van der Waals surface area contributed by atoms with Crippen molar-refractivity contribution in [1.82, 2.24) is 5.32 Å². The van der Waals surface area contributed by atoms with Crippen LogP contribution in [0, 0.1) is 0 Å². The zero-order valence-electron chi connectivity index (χ0n) is 14.9. The zero-order valence-corrected chi connectivity index (χ0v) is 15.7. The lowest BCUT2D eigenvalue weighted by atomic mass is 9.68. The van der Waals surface area contributed by atoms with Crippen LogP contribution in [0.5, 0.6) is 0 Å². The standard InChI is InChI=1S/C23H25NO.ClH/c25-23(14-7-15-23)22(17-24-16-18-8-2-1-3-9-18)21-13-6-11-19-10-4-5-12-20(19)21;/h1-6,8-13,22,24-25H,7,14-17H2;1H. The highest BCUT2D eigenvalue weighted by molar-refractivity contribution is 5.86. The van der Waals surface area contributed by atoms with Gasteiger partial charge < -0.3 is 10.4 Å². The number of hydrogen-bond acceptors (Lipinski definition) is 2. The first-order chi connectivity index (χ1) is 12.3. The molecule has 0 amide bonds. The van der Waals surface area contributed by atoms with Gasteiger partial charge in [-0.3, -0.25) is 0 Å². The van der Waals surface area contributed by atoms with E-state index >= 15 is 0 Å². The van der Waals surface area contributed by atoms with Crippen LogP contribution in [0.2, 0.25) is 0 Å². The summed E-state index contributed by atoms with van der Waals surface area (Å²) in [4.78, 5) is 0. The van der Waals surface area contributed by atoms with Crippen molar-refractivity contribution in [1.29, 1.82) is 0 Å². The van der Waals surface area contributed by atoms with Crippen molar-refractivity contribution in [2.24, 2.45) is 0 Å². The molecule has 1 atom stereocenters. The van der Waals surface area contributed by atoms with Crippen LogP contribution in [0.1, 0.15) is 36.3 Å². The van der Waals surface area contributed by atoms with Crippen molar-refractivity contribution in [2.75, 3.05) is 6.54 Å². The smallest absolute Gasteiger partial charge is 0.0728 e. The fraction of sp³-hybridized carbons (Fsp3) is 0.304. The third-order valence-corrected chi connectivity index (χ3v) is 5.59. The molecule has 3 aromatic rings. The molecule has 4 rings (SSSR count). The summed E-state index contributed by atoms with van der Waals surface area (Å²) in [6.07, 6.45) is 2.91. The fourth-order valence-corrected chi connectivity index (χ4v) is 3.99. The number of hydrogen-bond donors (Lipinski definition) is 2. The van der Waals surface area contributed by atoms with Gasteiger partial charge in [0.15, 0.2) is 0 Å². The maximum Gasteiger partial charge on any atom is 0.0728 e. The minimum atomic E-state index is -0.576. The maximum absolute atomic E-state index is 11.1. The molecule has 0 radical (unpaired) electrons. The molecule has 0 spiro atoms. The van der Waals surface area contributed by atoms with E-state index in [9.17, 15) is 5.11 Å². The summed E-state index contributed by atoms with van der Waals surface area (Å²) in [5.41, 5.74) is 1.97. The summed E-state index contributed by atoms with van der Waals surface area (Å²) in [5, 5.41) is 17.2. The van der Waals surface area contributed by atoms with Gasteiger partial charge >= 0.3 is 0 Å². The number of halogens is 1. The second kappa shape index (κ2) is 8.22. The first-order valence-corrected chi connectivity index (χ1v) is 9.21. The molecule has 3 heteroatoms. The molecule has 1 unspecified atom stereocenters. The second-order valence-electron chi connectivity index (χ2n) is 7.19. The quantitative estimate of drug-likeness (QED) is 0.639. The first-order valence-electron chi connectivity index (χ1n) is 9.21. The third kappa shape index (κ3) is 3.78. The topological polar surface area (TPSA) is 32.3 Å². The second-order valence-corrected chi connectivity index (χ2v) is 7.19. The normalized spacial score (nSPS) is 16.5. The maximum atomic E-state index is 11.1. The van der Waals surface area contributed by atoms with Crippen LogP contribution in [0.3, 0.4) is 0 Å². The minimum Gasteiger partial charge on any atom is -0.389 e. The minimum absolute atomic E-state index is 0. The van der Waals surface area contributed by atoms with Crippen LogP contribution in [0.15, 0.2) is 72.8 Å². The van der Waals surface area contributed by atoms with Gasteiger partial charge in [0.2, 0.25) is 0 Å². The Labute approximate surface area is 161 Å². The Morgan fingerprint density at radius 3 is 2.31 bits per heavy atom. The summed E-state index contributed by atoms with van der Waals surface area (Å²) in [6.45, 7) is 1.62. The molecule has 2 nitrogen and oxygen atoms in total. The molecule has 1 aliphatic carbocycles. The van der Waals surface area contributed by atoms with Crippen molar-refractivity contribution in [3.05, 3.63) is 83.9 Å². The number of nitrogens with one attached hydrogen (secondary N) is 1. The Morgan fingerprint density at radius 1 is 0.885 bits per heavy atom. The van der Waals surface area contributed by atoms with Gasteiger partial charge in [-0.25, -0.2) is 0 Å². The number of rotatable bonds is 6. The monoisotopic (exact) mass is 367 g/mol. The van der Waals surface area contributed by atoms with Crippen LogP contribution in [0.25, 0.3) is 10.8 Å². The van der Waals surface area contributed by atoms with Crippen LogP contribution in [-0.2, 0) is 6.54 Å². The van der Waals surface area contributed by atoms with Gasteiger partial charge in [0.1, 0.15) is 0 Å².